The highest BCUT2D eigenvalue weighted by atomic mass is 35.5. The number of aliphatic hydroxyl groups is 1. The van der Waals surface area contributed by atoms with Crippen LogP contribution >= 0.6 is 35.1 Å². The van der Waals surface area contributed by atoms with E-state index in [1.165, 1.54) is 23.5 Å². The Bertz CT molecular complexity index is 452. The first kappa shape index (κ1) is 15.6. The maximum Gasteiger partial charge on any atom is 0.194 e. The van der Waals surface area contributed by atoms with Crippen molar-refractivity contribution in [2.45, 2.75) is 6.23 Å². The van der Waals surface area contributed by atoms with Gasteiger partial charge in [0, 0.05) is 10.6 Å². The summed E-state index contributed by atoms with van der Waals surface area (Å²) in [6.45, 7) is 0. The Kier molecular flexibility index (Phi) is 6.25. The molecule has 18 heavy (non-hydrogen) atoms. The number of carbonyl (C=O) groups is 1. The third-order valence-corrected chi connectivity index (χ3v) is 4.67. The number of Topliss-reactive ketones (excluding diaryl/α,β-unsaturated/α-hetero) is 1. The number of halogens is 1. The highest BCUT2D eigenvalue weighted by molar-refractivity contribution is 8.21. The normalized spacial score (nSPS) is 12.1. The SMILES string of the molecule is CSC(SC)=C(C(=O)c1ccc(Cl)cc1)[C@H](N)O. The van der Waals surface area contributed by atoms with Gasteiger partial charge in [0.05, 0.1) is 9.81 Å². The summed E-state index contributed by atoms with van der Waals surface area (Å²) in [5, 5.41) is 10.1. The highest BCUT2D eigenvalue weighted by Gasteiger charge is 2.21. The molecule has 3 N–H and O–H groups in total. The molecule has 0 aromatic heterocycles. The smallest absolute Gasteiger partial charge is 0.194 e. The summed E-state index contributed by atoms with van der Waals surface area (Å²) in [6.07, 6.45) is 2.38. The van der Waals surface area contributed by atoms with E-state index in [1.807, 2.05) is 12.5 Å². The molecule has 98 valence electrons. The lowest BCUT2D eigenvalue weighted by molar-refractivity contribution is 0.0990. The topological polar surface area (TPSA) is 63.3 Å². The van der Waals surface area contributed by atoms with E-state index < -0.39 is 6.23 Å². The van der Waals surface area contributed by atoms with Crippen molar-refractivity contribution in [1.29, 1.82) is 0 Å². The van der Waals surface area contributed by atoms with E-state index in [0.29, 0.717) is 14.8 Å². The van der Waals surface area contributed by atoms with Crippen LogP contribution in [-0.4, -0.2) is 29.6 Å². The largest absolute Gasteiger partial charge is 0.374 e. The minimum Gasteiger partial charge on any atom is -0.374 e. The Labute approximate surface area is 120 Å². The molecule has 1 aromatic rings. The minimum absolute atomic E-state index is 0.220. The Balaban J connectivity index is 3.19. The van der Waals surface area contributed by atoms with Gasteiger partial charge in [-0.05, 0) is 36.8 Å². The number of thioether (sulfide) groups is 2. The van der Waals surface area contributed by atoms with Crippen LogP contribution in [0, 0.1) is 0 Å². The van der Waals surface area contributed by atoms with E-state index in [0.717, 1.165) is 0 Å². The molecule has 0 aliphatic carbocycles. The van der Waals surface area contributed by atoms with Crippen LogP contribution in [0.4, 0.5) is 0 Å². The predicted molar refractivity (Wildman–Crippen MR) is 80.0 cm³/mol. The maximum atomic E-state index is 12.3. The van der Waals surface area contributed by atoms with Gasteiger partial charge in [0.25, 0.3) is 0 Å². The third-order valence-electron chi connectivity index (χ3n) is 2.24. The summed E-state index contributed by atoms with van der Waals surface area (Å²) in [7, 11) is 0. The molecular formula is C12H14ClNO2S2. The average Bonchev–Trinajstić information content (AvgIpc) is 2.35. The molecule has 1 aromatic carbocycles. The second-order valence-electron chi connectivity index (χ2n) is 3.39. The molecule has 6 heteroatoms. The lowest BCUT2D eigenvalue weighted by Crippen LogP contribution is -2.27. The van der Waals surface area contributed by atoms with Crippen LogP contribution < -0.4 is 5.73 Å². The maximum absolute atomic E-state index is 12.3. The molecule has 3 nitrogen and oxygen atoms in total. The summed E-state index contributed by atoms with van der Waals surface area (Å²) >= 11 is 8.55. The third kappa shape index (κ3) is 3.76. The van der Waals surface area contributed by atoms with Gasteiger partial charge in [-0.2, -0.15) is 0 Å². The van der Waals surface area contributed by atoms with Crippen molar-refractivity contribution in [3.05, 3.63) is 44.7 Å². The van der Waals surface area contributed by atoms with E-state index in [9.17, 15) is 9.90 Å². The molecule has 0 amide bonds. The first-order chi connectivity index (χ1) is 8.51. The zero-order valence-electron chi connectivity index (χ0n) is 10.0. The average molecular weight is 304 g/mol. The minimum atomic E-state index is -1.29. The van der Waals surface area contributed by atoms with E-state index in [4.69, 9.17) is 17.3 Å². The van der Waals surface area contributed by atoms with Crippen molar-refractivity contribution in [2.24, 2.45) is 5.73 Å². The molecule has 1 atom stereocenters. The monoisotopic (exact) mass is 303 g/mol. The van der Waals surface area contributed by atoms with Gasteiger partial charge >= 0.3 is 0 Å². The van der Waals surface area contributed by atoms with Crippen LogP contribution in [0.5, 0.6) is 0 Å². The number of rotatable bonds is 5. The van der Waals surface area contributed by atoms with Crippen LogP contribution in [0.2, 0.25) is 5.02 Å². The van der Waals surface area contributed by atoms with Gasteiger partial charge in [0.1, 0.15) is 6.23 Å². The fourth-order valence-corrected chi connectivity index (χ4v) is 3.07. The van der Waals surface area contributed by atoms with Crippen molar-refractivity contribution in [2.75, 3.05) is 12.5 Å². The van der Waals surface area contributed by atoms with Gasteiger partial charge in [0.2, 0.25) is 0 Å². The fourth-order valence-electron chi connectivity index (χ4n) is 1.41. The van der Waals surface area contributed by atoms with Crippen molar-refractivity contribution in [3.8, 4) is 0 Å². The molecule has 0 fully saturated rings. The molecular weight excluding hydrogens is 290 g/mol. The van der Waals surface area contributed by atoms with E-state index in [2.05, 4.69) is 0 Å². The van der Waals surface area contributed by atoms with Gasteiger partial charge < -0.3 is 10.8 Å². The molecule has 0 heterocycles. The van der Waals surface area contributed by atoms with Crippen LogP contribution in [0.3, 0.4) is 0 Å². The molecule has 0 saturated heterocycles. The standard InChI is InChI=1S/C12H14ClNO2S2/c1-17-12(18-2)9(11(14)16)10(15)7-3-5-8(13)6-4-7/h3-6,11,16H,14H2,1-2H3/t11-/m1/s1. The van der Waals surface area contributed by atoms with Crippen molar-refractivity contribution in [3.63, 3.8) is 0 Å². The zero-order valence-corrected chi connectivity index (χ0v) is 12.4. The fraction of sp³-hybridized carbons (Fsp3) is 0.250. The molecule has 0 radical (unpaired) electrons. The zero-order chi connectivity index (χ0) is 13.7. The highest BCUT2D eigenvalue weighted by Crippen LogP contribution is 2.30. The summed E-state index contributed by atoms with van der Waals surface area (Å²) in [6, 6.07) is 6.50. The molecule has 0 saturated carbocycles. The molecule has 0 bridgehead atoms. The molecule has 1 rings (SSSR count). The van der Waals surface area contributed by atoms with Gasteiger partial charge in [-0.1, -0.05) is 11.6 Å². The second kappa shape index (κ2) is 7.21. The molecule has 0 aliphatic heterocycles. The van der Waals surface area contributed by atoms with Crippen molar-refractivity contribution >= 4 is 40.9 Å². The van der Waals surface area contributed by atoms with Gasteiger partial charge in [-0.25, -0.2) is 0 Å². The Hall–Kier alpha value is -0.460. The summed E-state index contributed by atoms with van der Waals surface area (Å²) < 4.78 is 0.713. The first-order valence-electron chi connectivity index (χ1n) is 5.07. The number of carbonyl (C=O) groups excluding carboxylic acids is 1. The summed E-state index contributed by atoms with van der Waals surface area (Å²) in [5.74, 6) is -0.277. The Morgan fingerprint density at radius 3 is 2.17 bits per heavy atom. The van der Waals surface area contributed by atoms with Gasteiger partial charge in [-0.15, -0.1) is 23.5 Å². The lowest BCUT2D eigenvalue weighted by Gasteiger charge is -2.13. The van der Waals surface area contributed by atoms with Crippen molar-refractivity contribution < 1.29 is 9.90 Å². The van der Waals surface area contributed by atoms with E-state index in [1.54, 1.807) is 24.3 Å². The molecule has 0 spiro atoms. The molecule has 0 aliphatic rings. The van der Waals surface area contributed by atoms with E-state index in [-0.39, 0.29) is 11.4 Å². The number of hydrogen-bond acceptors (Lipinski definition) is 5. The van der Waals surface area contributed by atoms with Crippen molar-refractivity contribution in [1.82, 2.24) is 0 Å². The van der Waals surface area contributed by atoms with Gasteiger partial charge in [0.15, 0.2) is 5.78 Å². The Morgan fingerprint density at radius 2 is 1.78 bits per heavy atom. The number of nitrogens with two attached hydrogens (primary N) is 1. The quantitative estimate of drug-likeness (QED) is 0.497. The molecule has 0 unspecified atom stereocenters. The van der Waals surface area contributed by atoms with Crippen LogP contribution in [-0.2, 0) is 0 Å². The van der Waals surface area contributed by atoms with Gasteiger partial charge in [-0.3, -0.25) is 4.79 Å². The van der Waals surface area contributed by atoms with Crippen LogP contribution in [0.15, 0.2) is 34.1 Å². The Morgan fingerprint density at radius 1 is 1.28 bits per heavy atom. The van der Waals surface area contributed by atoms with Crippen LogP contribution in [0.1, 0.15) is 10.4 Å². The van der Waals surface area contributed by atoms with Crippen LogP contribution in [0.25, 0.3) is 0 Å². The summed E-state index contributed by atoms with van der Waals surface area (Å²) in [5.41, 5.74) is 6.16. The number of hydrogen-bond donors (Lipinski definition) is 2. The first-order valence-corrected chi connectivity index (χ1v) is 7.90. The lowest BCUT2D eigenvalue weighted by atomic mass is 10.0. The second-order valence-corrected chi connectivity index (χ2v) is 5.72. The summed E-state index contributed by atoms with van der Waals surface area (Å²) in [4.78, 5) is 12.3. The number of ketones is 1. The predicted octanol–water partition coefficient (Wildman–Crippen LogP) is 2.74. The van der Waals surface area contributed by atoms with E-state index >= 15 is 0 Å². The number of aliphatic hydroxyl groups excluding tert-OH is 1. The number of benzene rings is 1.